The SMILES string of the molecule is COc1ccc(CCC(=O)NCc2ccccc2)cc1O. The molecule has 4 heteroatoms. The normalized spacial score (nSPS) is 10.1. The molecule has 1 amide bonds. The molecule has 0 aromatic heterocycles. The summed E-state index contributed by atoms with van der Waals surface area (Å²) in [6.45, 7) is 0.535. The van der Waals surface area contributed by atoms with Crippen LogP contribution in [0.1, 0.15) is 17.5 Å². The van der Waals surface area contributed by atoms with Crippen LogP contribution in [-0.2, 0) is 17.8 Å². The van der Waals surface area contributed by atoms with Crippen LogP contribution >= 0.6 is 0 Å². The molecule has 0 bridgehead atoms. The zero-order valence-corrected chi connectivity index (χ0v) is 12.0. The molecule has 0 aliphatic heterocycles. The second-order valence-electron chi connectivity index (χ2n) is 4.77. The summed E-state index contributed by atoms with van der Waals surface area (Å²) < 4.78 is 4.98. The highest BCUT2D eigenvalue weighted by molar-refractivity contribution is 5.76. The number of carbonyl (C=O) groups excluding carboxylic acids is 1. The maximum Gasteiger partial charge on any atom is 0.220 e. The first-order valence-electron chi connectivity index (χ1n) is 6.85. The quantitative estimate of drug-likeness (QED) is 0.858. The van der Waals surface area contributed by atoms with E-state index < -0.39 is 0 Å². The smallest absolute Gasteiger partial charge is 0.220 e. The summed E-state index contributed by atoms with van der Waals surface area (Å²) in [6.07, 6.45) is 0.969. The van der Waals surface area contributed by atoms with Crippen LogP contribution in [0.4, 0.5) is 0 Å². The number of hydrogen-bond acceptors (Lipinski definition) is 3. The Kier molecular flexibility index (Phi) is 5.21. The first-order chi connectivity index (χ1) is 10.2. The van der Waals surface area contributed by atoms with Crippen LogP contribution in [0.2, 0.25) is 0 Å². The van der Waals surface area contributed by atoms with Gasteiger partial charge in [-0.2, -0.15) is 0 Å². The number of amides is 1. The Hall–Kier alpha value is -2.49. The lowest BCUT2D eigenvalue weighted by Gasteiger charge is -2.07. The van der Waals surface area contributed by atoms with Gasteiger partial charge in [-0.1, -0.05) is 36.4 Å². The monoisotopic (exact) mass is 285 g/mol. The van der Waals surface area contributed by atoms with E-state index in [2.05, 4.69) is 5.32 Å². The van der Waals surface area contributed by atoms with E-state index in [0.29, 0.717) is 25.1 Å². The van der Waals surface area contributed by atoms with E-state index in [0.717, 1.165) is 11.1 Å². The van der Waals surface area contributed by atoms with Crippen LogP contribution in [0.15, 0.2) is 48.5 Å². The van der Waals surface area contributed by atoms with Gasteiger partial charge in [-0.15, -0.1) is 0 Å². The second kappa shape index (κ2) is 7.33. The highest BCUT2D eigenvalue weighted by Crippen LogP contribution is 2.26. The fourth-order valence-corrected chi connectivity index (χ4v) is 2.03. The van der Waals surface area contributed by atoms with Crippen molar-refractivity contribution in [3.8, 4) is 11.5 Å². The molecule has 0 fully saturated rings. The number of ether oxygens (including phenoxy) is 1. The van der Waals surface area contributed by atoms with Gasteiger partial charge in [0.2, 0.25) is 5.91 Å². The summed E-state index contributed by atoms with van der Waals surface area (Å²) in [6, 6.07) is 15.0. The highest BCUT2D eigenvalue weighted by atomic mass is 16.5. The molecule has 110 valence electrons. The minimum absolute atomic E-state index is 0.00541. The van der Waals surface area contributed by atoms with E-state index in [1.807, 2.05) is 36.4 Å². The summed E-state index contributed by atoms with van der Waals surface area (Å²) in [5.74, 6) is 0.529. The topological polar surface area (TPSA) is 58.6 Å². The molecule has 0 aliphatic rings. The number of rotatable bonds is 6. The minimum atomic E-state index is -0.00541. The third kappa shape index (κ3) is 4.53. The van der Waals surface area contributed by atoms with Gasteiger partial charge in [0.05, 0.1) is 7.11 Å². The van der Waals surface area contributed by atoms with Crippen LogP contribution < -0.4 is 10.1 Å². The van der Waals surface area contributed by atoms with Crippen LogP contribution in [0.5, 0.6) is 11.5 Å². The average Bonchev–Trinajstić information content (AvgIpc) is 2.52. The molecule has 0 saturated carbocycles. The summed E-state index contributed by atoms with van der Waals surface area (Å²) in [5.41, 5.74) is 1.98. The standard InChI is InChI=1S/C17H19NO3/c1-21-16-9-7-13(11-15(16)19)8-10-17(20)18-12-14-5-3-2-4-6-14/h2-7,9,11,19H,8,10,12H2,1H3,(H,18,20). The Labute approximate surface area is 124 Å². The minimum Gasteiger partial charge on any atom is -0.504 e. The van der Waals surface area contributed by atoms with Crippen molar-refractivity contribution in [2.45, 2.75) is 19.4 Å². The molecule has 2 aromatic rings. The van der Waals surface area contributed by atoms with E-state index in [4.69, 9.17) is 4.74 Å². The van der Waals surface area contributed by atoms with Crippen molar-refractivity contribution in [3.05, 3.63) is 59.7 Å². The number of methoxy groups -OCH3 is 1. The molecule has 0 saturated heterocycles. The largest absolute Gasteiger partial charge is 0.504 e. The molecule has 4 nitrogen and oxygen atoms in total. The molecule has 2 rings (SSSR count). The zero-order chi connectivity index (χ0) is 15.1. The van der Waals surface area contributed by atoms with Gasteiger partial charge in [-0.3, -0.25) is 4.79 Å². The Bertz CT molecular complexity index is 596. The van der Waals surface area contributed by atoms with Crippen LogP contribution in [0, 0.1) is 0 Å². The van der Waals surface area contributed by atoms with Crippen molar-refractivity contribution in [3.63, 3.8) is 0 Å². The van der Waals surface area contributed by atoms with Crippen molar-refractivity contribution in [1.82, 2.24) is 5.32 Å². The molecule has 0 unspecified atom stereocenters. The number of benzene rings is 2. The maximum atomic E-state index is 11.8. The predicted octanol–water partition coefficient (Wildman–Crippen LogP) is 2.65. The van der Waals surface area contributed by atoms with Crippen LogP contribution in [0.3, 0.4) is 0 Å². The van der Waals surface area contributed by atoms with Gasteiger partial charge in [-0.25, -0.2) is 0 Å². The lowest BCUT2D eigenvalue weighted by atomic mass is 10.1. The Morgan fingerprint density at radius 3 is 2.57 bits per heavy atom. The first-order valence-corrected chi connectivity index (χ1v) is 6.85. The van der Waals surface area contributed by atoms with E-state index in [-0.39, 0.29) is 11.7 Å². The lowest BCUT2D eigenvalue weighted by molar-refractivity contribution is -0.121. The molecule has 0 radical (unpaired) electrons. The molecule has 2 N–H and O–H groups in total. The summed E-state index contributed by atoms with van der Waals surface area (Å²) in [7, 11) is 1.51. The van der Waals surface area contributed by atoms with Gasteiger partial charge in [0.25, 0.3) is 0 Å². The van der Waals surface area contributed by atoms with E-state index in [1.54, 1.807) is 12.1 Å². The number of phenolic OH excluding ortho intramolecular Hbond substituents is 1. The number of aryl methyl sites for hydroxylation is 1. The third-order valence-corrected chi connectivity index (χ3v) is 3.22. The van der Waals surface area contributed by atoms with Gasteiger partial charge in [0, 0.05) is 13.0 Å². The molecule has 0 spiro atoms. The number of nitrogens with one attached hydrogen (secondary N) is 1. The molecule has 21 heavy (non-hydrogen) atoms. The highest BCUT2D eigenvalue weighted by Gasteiger charge is 2.05. The van der Waals surface area contributed by atoms with Gasteiger partial charge < -0.3 is 15.2 Å². The van der Waals surface area contributed by atoms with E-state index >= 15 is 0 Å². The van der Waals surface area contributed by atoms with Crippen molar-refractivity contribution in [2.24, 2.45) is 0 Å². The number of phenols is 1. The lowest BCUT2D eigenvalue weighted by Crippen LogP contribution is -2.22. The van der Waals surface area contributed by atoms with E-state index in [9.17, 15) is 9.90 Å². The Morgan fingerprint density at radius 2 is 1.90 bits per heavy atom. The van der Waals surface area contributed by atoms with Gasteiger partial charge >= 0.3 is 0 Å². The second-order valence-corrected chi connectivity index (χ2v) is 4.77. The van der Waals surface area contributed by atoms with Gasteiger partial charge in [-0.05, 0) is 29.7 Å². The van der Waals surface area contributed by atoms with Crippen molar-refractivity contribution >= 4 is 5.91 Å². The summed E-state index contributed by atoms with van der Waals surface area (Å²) >= 11 is 0. The number of hydrogen-bond donors (Lipinski definition) is 2. The Balaban J connectivity index is 1.80. The summed E-state index contributed by atoms with van der Waals surface area (Å²) in [5, 5.41) is 12.6. The molecular weight excluding hydrogens is 266 g/mol. The van der Waals surface area contributed by atoms with Gasteiger partial charge in [0.15, 0.2) is 11.5 Å². The van der Waals surface area contributed by atoms with Gasteiger partial charge in [0.1, 0.15) is 0 Å². The molecule has 0 heterocycles. The molecule has 2 aromatic carbocycles. The van der Waals surface area contributed by atoms with Crippen LogP contribution in [-0.4, -0.2) is 18.1 Å². The fourth-order valence-electron chi connectivity index (χ4n) is 2.03. The maximum absolute atomic E-state index is 11.8. The van der Waals surface area contributed by atoms with Crippen molar-refractivity contribution in [1.29, 1.82) is 0 Å². The molecular formula is C17H19NO3. The zero-order valence-electron chi connectivity index (χ0n) is 12.0. The molecule has 0 atom stereocenters. The van der Waals surface area contributed by atoms with Crippen molar-refractivity contribution in [2.75, 3.05) is 7.11 Å². The van der Waals surface area contributed by atoms with Crippen molar-refractivity contribution < 1.29 is 14.6 Å². The number of carbonyl (C=O) groups is 1. The third-order valence-electron chi connectivity index (χ3n) is 3.22. The van der Waals surface area contributed by atoms with E-state index in [1.165, 1.54) is 7.11 Å². The first kappa shape index (κ1) is 14.9. The summed E-state index contributed by atoms with van der Waals surface area (Å²) in [4.78, 5) is 11.8. The predicted molar refractivity (Wildman–Crippen MR) is 81.3 cm³/mol. The molecule has 0 aliphatic carbocycles. The average molecular weight is 285 g/mol. The fraction of sp³-hybridized carbons (Fsp3) is 0.235. The Morgan fingerprint density at radius 1 is 1.14 bits per heavy atom. The number of aromatic hydroxyl groups is 1. The van der Waals surface area contributed by atoms with Crippen LogP contribution in [0.25, 0.3) is 0 Å².